The number of aromatic nitrogens is 3. The van der Waals surface area contributed by atoms with Gasteiger partial charge in [0.1, 0.15) is 9.88 Å². The van der Waals surface area contributed by atoms with E-state index in [0.717, 1.165) is 32.9 Å². The van der Waals surface area contributed by atoms with Crippen LogP contribution in [0.2, 0.25) is 0 Å². The van der Waals surface area contributed by atoms with Crippen molar-refractivity contribution in [3.8, 4) is 10.6 Å². The van der Waals surface area contributed by atoms with Gasteiger partial charge in [0.15, 0.2) is 0 Å². The van der Waals surface area contributed by atoms with Crippen LogP contribution in [0, 0.1) is 20.8 Å². The molecule has 0 bridgehead atoms. The first-order chi connectivity index (χ1) is 12.5. The van der Waals surface area contributed by atoms with Crippen molar-refractivity contribution in [2.75, 3.05) is 5.32 Å². The molecular formula is C20H18N4OS. The molecule has 6 heteroatoms. The molecule has 0 radical (unpaired) electrons. The van der Waals surface area contributed by atoms with Crippen LogP contribution in [-0.2, 0) is 0 Å². The quantitative estimate of drug-likeness (QED) is 0.546. The summed E-state index contributed by atoms with van der Waals surface area (Å²) in [5.74, 6) is 0.243. The second-order valence-electron chi connectivity index (χ2n) is 6.31. The Bertz CT molecular complexity index is 1090. The van der Waals surface area contributed by atoms with Gasteiger partial charge in [0, 0.05) is 5.56 Å². The van der Waals surface area contributed by atoms with Crippen molar-refractivity contribution in [3.63, 3.8) is 0 Å². The smallest absolute Gasteiger partial charge is 0.269 e. The second kappa shape index (κ2) is 6.38. The molecule has 0 saturated carbocycles. The predicted octanol–water partition coefficient (Wildman–Crippen LogP) is 4.86. The molecule has 26 heavy (non-hydrogen) atoms. The first-order valence-electron chi connectivity index (χ1n) is 8.32. The summed E-state index contributed by atoms with van der Waals surface area (Å²) >= 11 is 1.40. The molecule has 0 spiro atoms. The van der Waals surface area contributed by atoms with E-state index in [1.165, 1.54) is 16.9 Å². The number of para-hydroxylation sites is 2. The summed E-state index contributed by atoms with van der Waals surface area (Å²) in [6.07, 6.45) is 0. The SMILES string of the molecule is Cc1ccc(-c2nc(C)c(C(=O)Nc3nc4ccccc4[nH]3)s2)c(C)c1. The van der Waals surface area contributed by atoms with E-state index in [4.69, 9.17) is 0 Å². The molecule has 0 unspecified atom stereocenters. The molecule has 0 aliphatic heterocycles. The molecule has 0 saturated heterocycles. The zero-order valence-electron chi connectivity index (χ0n) is 14.8. The van der Waals surface area contributed by atoms with Crippen LogP contribution in [0.25, 0.3) is 21.6 Å². The Kier molecular flexibility index (Phi) is 4.05. The van der Waals surface area contributed by atoms with Crippen molar-refractivity contribution in [2.45, 2.75) is 20.8 Å². The van der Waals surface area contributed by atoms with Crippen LogP contribution in [0.5, 0.6) is 0 Å². The van der Waals surface area contributed by atoms with Gasteiger partial charge in [-0.3, -0.25) is 10.1 Å². The topological polar surface area (TPSA) is 70.7 Å². The van der Waals surface area contributed by atoms with E-state index in [-0.39, 0.29) is 5.91 Å². The molecule has 2 aromatic carbocycles. The Morgan fingerprint density at radius 3 is 2.65 bits per heavy atom. The van der Waals surface area contributed by atoms with Gasteiger partial charge in [0.05, 0.1) is 16.7 Å². The highest BCUT2D eigenvalue weighted by molar-refractivity contribution is 7.17. The fourth-order valence-electron chi connectivity index (χ4n) is 2.95. The fraction of sp³-hybridized carbons (Fsp3) is 0.150. The van der Waals surface area contributed by atoms with E-state index < -0.39 is 0 Å². The van der Waals surface area contributed by atoms with Gasteiger partial charge in [-0.25, -0.2) is 9.97 Å². The van der Waals surface area contributed by atoms with Crippen LogP contribution >= 0.6 is 11.3 Å². The summed E-state index contributed by atoms with van der Waals surface area (Å²) in [5, 5.41) is 3.70. The van der Waals surface area contributed by atoms with E-state index in [2.05, 4.69) is 52.3 Å². The Morgan fingerprint density at radius 1 is 1.08 bits per heavy atom. The fourth-order valence-corrected chi connectivity index (χ4v) is 4.00. The molecule has 130 valence electrons. The highest BCUT2D eigenvalue weighted by Gasteiger charge is 2.18. The maximum absolute atomic E-state index is 12.7. The first-order valence-corrected chi connectivity index (χ1v) is 9.14. The number of hydrogen-bond donors (Lipinski definition) is 2. The number of hydrogen-bond acceptors (Lipinski definition) is 4. The number of amides is 1. The zero-order valence-corrected chi connectivity index (χ0v) is 15.6. The van der Waals surface area contributed by atoms with Crippen LogP contribution in [0.1, 0.15) is 26.5 Å². The summed E-state index contributed by atoms with van der Waals surface area (Å²) in [4.78, 5) is 25.4. The lowest BCUT2D eigenvalue weighted by Crippen LogP contribution is -2.12. The van der Waals surface area contributed by atoms with Crippen molar-refractivity contribution in [1.82, 2.24) is 15.0 Å². The molecule has 2 N–H and O–H groups in total. The third-order valence-electron chi connectivity index (χ3n) is 4.24. The van der Waals surface area contributed by atoms with Gasteiger partial charge in [-0.2, -0.15) is 0 Å². The van der Waals surface area contributed by atoms with Crippen LogP contribution < -0.4 is 5.32 Å². The number of nitrogens with zero attached hydrogens (tertiary/aromatic N) is 2. The minimum absolute atomic E-state index is 0.199. The van der Waals surface area contributed by atoms with Crippen molar-refractivity contribution >= 4 is 34.2 Å². The van der Waals surface area contributed by atoms with Crippen LogP contribution in [-0.4, -0.2) is 20.9 Å². The number of nitrogens with one attached hydrogen (secondary N) is 2. The largest absolute Gasteiger partial charge is 0.324 e. The van der Waals surface area contributed by atoms with Crippen LogP contribution in [0.4, 0.5) is 5.95 Å². The Hall–Kier alpha value is -2.99. The molecule has 0 atom stereocenters. The number of carbonyl (C=O) groups excluding carboxylic acids is 1. The number of aryl methyl sites for hydroxylation is 3. The van der Waals surface area contributed by atoms with Crippen molar-refractivity contribution < 1.29 is 4.79 Å². The number of carbonyl (C=O) groups is 1. The normalized spacial score (nSPS) is 11.0. The molecule has 0 aliphatic carbocycles. The summed E-state index contributed by atoms with van der Waals surface area (Å²) in [7, 11) is 0. The highest BCUT2D eigenvalue weighted by atomic mass is 32.1. The minimum Gasteiger partial charge on any atom is -0.324 e. The summed E-state index contributed by atoms with van der Waals surface area (Å²) in [6, 6.07) is 13.9. The van der Waals surface area contributed by atoms with Crippen LogP contribution in [0.15, 0.2) is 42.5 Å². The molecule has 5 nitrogen and oxygen atoms in total. The van der Waals surface area contributed by atoms with Crippen molar-refractivity contribution in [2.24, 2.45) is 0 Å². The summed E-state index contributed by atoms with van der Waals surface area (Å²) in [5.41, 5.74) is 5.86. The van der Waals surface area contributed by atoms with E-state index in [9.17, 15) is 4.79 Å². The maximum Gasteiger partial charge on any atom is 0.269 e. The van der Waals surface area contributed by atoms with E-state index >= 15 is 0 Å². The van der Waals surface area contributed by atoms with Gasteiger partial charge in [-0.15, -0.1) is 11.3 Å². The average molecular weight is 362 g/mol. The Labute approximate surface area is 155 Å². The lowest BCUT2D eigenvalue weighted by Gasteiger charge is -2.03. The number of H-pyrrole nitrogens is 1. The number of rotatable bonds is 3. The number of fused-ring (bicyclic) bond motifs is 1. The number of aromatic amines is 1. The van der Waals surface area contributed by atoms with E-state index in [1.54, 1.807) is 0 Å². The van der Waals surface area contributed by atoms with Gasteiger partial charge < -0.3 is 4.98 Å². The highest BCUT2D eigenvalue weighted by Crippen LogP contribution is 2.31. The molecule has 2 heterocycles. The summed E-state index contributed by atoms with van der Waals surface area (Å²) < 4.78 is 0. The molecular weight excluding hydrogens is 344 g/mol. The lowest BCUT2D eigenvalue weighted by atomic mass is 10.1. The monoisotopic (exact) mass is 362 g/mol. The summed E-state index contributed by atoms with van der Waals surface area (Å²) in [6.45, 7) is 5.99. The number of imidazole rings is 1. The molecule has 0 fully saturated rings. The average Bonchev–Trinajstić information content (AvgIpc) is 3.17. The van der Waals surface area contributed by atoms with Gasteiger partial charge >= 0.3 is 0 Å². The first kappa shape index (κ1) is 16.5. The maximum atomic E-state index is 12.7. The third-order valence-corrected chi connectivity index (χ3v) is 5.43. The van der Waals surface area contributed by atoms with E-state index in [0.29, 0.717) is 10.8 Å². The predicted molar refractivity (Wildman–Crippen MR) is 106 cm³/mol. The van der Waals surface area contributed by atoms with E-state index in [1.807, 2.05) is 31.2 Å². The third kappa shape index (κ3) is 2.99. The Balaban J connectivity index is 1.63. The van der Waals surface area contributed by atoms with Crippen molar-refractivity contribution in [1.29, 1.82) is 0 Å². The minimum atomic E-state index is -0.199. The van der Waals surface area contributed by atoms with Crippen LogP contribution in [0.3, 0.4) is 0 Å². The second-order valence-corrected chi connectivity index (χ2v) is 7.31. The van der Waals surface area contributed by atoms with Gasteiger partial charge in [-0.05, 0) is 38.5 Å². The number of thiazole rings is 1. The standard InChI is InChI=1S/C20H18N4OS/c1-11-8-9-14(12(2)10-11)19-21-13(3)17(26-19)18(25)24-20-22-15-6-4-5-7-16(15)23-20/h4-10H,1-3H3,(H2,22,23,24,25). The molecule has 4 aromatic rings. The zero-order chi connectivity index (χ0) is 18.3. The van der Waals surface area contributed by atoms with Gasteiger partial charge in [0.2, 0.25) is 5.95 Å². The Morgan fingerprint density at radius 2 is 1.88 bits per heavy atom. The molecule has 1 amide bonds. The van der Waals surface area contributed by atoms with Gasteiger partial charge in [0.25, 0.3) is 5.91 Å². The number of anilines is 1. The number of benzene rings is 2. The molecule has 0 aliphatic rings. The van der Waals surface area contributed by atoms with Crippen molar-refractivity contribution in [3.05, 3.63) is 64.2 Å². The van der Waals surface area contributed by atoms with Gasteiger partial charge in [-0.1, -0.05) is 35.9 Å². The lowest BCUT2D eigenvalue weighted by molar-refractivity contribution is 0.102. The molecule has 2 aromatic heterocycles. The molecule has 4 rings (SSSR count).